The second-order valence-electron chi connectivity index (χ2n) is 4.10. The molecule has 1 aromatic rings. The Hall–Kier alpha value is -1.59. The molecule has 0 unspecified atom stereocenters. The lowest BCUT2D eigenvalue weighted by Gasteiger charge is -2.16. The van der Waals surface area contributed by atoms with Gasteiger partial charge in [0.1, 0.15) is 0 Å². The van der Waals surface area contributed by atoms with Gasteiger partial charge in [-0.1, -0.05) is 30.3 Å². The number of hydrogen-bond acceptors (Lipinski definition) is 4. The van der Waals surface area contributed by atoms with Crippen molar-refractivity contribution in [3.63, 3.8) is 0 Å². The van der Waals surface area contributed by atoms with E-state index in [0.717, 1.165) is 5.56 Å². The minimum atomic E-state index is -0.430. The summed E-state index contributed by atoms with van der Waals surface area (Å²) >= 11 is 0. The number of hydrogen-bond donors (Lipinski definition) is 1. The highest BCUT2D eigenvalue weighted by molar-refractivity contribution is 5.67. The molecule has 1 N–H and O–H groups in total. The summed E-state index contributed by atoms with van der Waals surface area (Å²) in [4.78, 5) is 11.5. The fourth-order valence-electron chi connectivity index (χ4n) is 1.66. The second kappa shape index (κ2) is 10.2. The molecule has 0 spiro atoms. The molecular weight excluding hydrogens is 258 g/mol. The van der Waals surface area contributed by atoms with Crippen LogP contribution in [-0.4, -0.2) is 32.2 Å². The predicted molar refractivity (Wildman–Crippen MR) is 76.3 cm³/mol. The molecule has 0 saturated carbocycles. The molecule has 0 aromatic heterocycles. The average Bonchev–Trinajstić information content (AvgIpc) is 2.47. The van der Waals surface area contributed by atoms with E-state index in [2.05, 4.69) is 5.32 Å². The van der Waals surface area contributed by atoms with Crippen molar-refractivity contribution >= 4 is 6.09 Å². The van der Waals surface area contributed by atoms with Crippen LogP contribution in [0.15, 0.2) is 30.3 Å². The van der Waals surface area contributed by atoms with Crippen LogP contribution in [0.2, 0.25) is 0 Å². The quantitative estimate of drug-likeness (QED) is 0.707. The monoisotopic (exact) mass is 281 g/mol. The van der Waals surface area contributed by atoms with Crippen molar-refractivity contribution < 1.29 is 19.0 Å². The Morgan fingerprint density at radius 2 is 1.80 bits per heavy atom. The maximum Gasteiger partial charge on any atom is 0.407 e. The smallest absolute Gasteiger partial charge is 0.407 e. The SMILES string of the molecule is CCOC(CCOC(=O)NCc1ccccc1)OCC. The Labute approximate surface area is 120 Å². The molecule has 1 rings (SSSR count). The van der Waals surface area contributed by atoms with Crippen LogP contribution in [0.3, 0.4) is 0 Å². The molecule has 0 aliphatic heterocycles. The zero-order chi connectivity index (χ0) is 14.6. The van der Waals surface area contributed by atoms with E-state index in [1.54, 1.807) is 0 Å². The van der Waals surface area contributed by atoms with Gasteiger partial charge in [0.2, 0.25) is 0 Å². The summed E-state index contributed by atoms with van der Waals surface area (Å²) in [5.74, 6) is 0. The number of amides is 1. The summed E-state index contributed by atoms with van der Waals surface area (Å²) < 4.78 is 15.8. The normalized spacial score (nSPS) is 10.6. The van der Waals surface area contributed by atoms with Crippen LogP contribution in [0.25, 0.3) is 0 Å². The average molecular weight is 281 g/mol. The van der Waals surface area contributed by atoms with Gasteiger partial charge in [0.15, 0.2) is 6.29 Å². The Morgan fingerprint density at radius 1 is 1.15 bits per heavy atom. The Bertz CT molecular complexity index is 363. The van der Waals surface area contributed by atoms with E-state index in [1.165, 1.54) is 0 Å². The van der Waals surface area contributed by atoms with E-state index < -0.39 is 6.09 Å². The molecule has 0 radical (unpaired) electrons. The van der Waals surface area contributed by atoms with E-state index in [4.69, 9.17) is 14.2 Å². The van der Waals surface area contributed by atoms with Gasteiger partial charge in [-0.25, -0.2) is 4.79 Å². The number of rotatable bonds is 9. The third-order valence-electron chi connectivity index (χ3n) is 2.57. The first-order chi connectivity index (χ1) is 9.76. The third-order valence-corrected chi connectivity index (χ3v) is 2.57. The van der Waals surface area contributed by atoms with Crippen LogP contribution in [-0.2, 0) is 20.8 Å². The molecule has 112 valence electrons. The van der Waals surface area contributed by atoms with Crippen molar-refractivity contribution in [2.45, 2.75) is 33.1 Å². The number of nitrogens with one attached hydrogen (secondary N) is 1. The summed E-state index contributed by atoms with van der Waals surface area (Å²) in [5, 5.41) is 2.69. The van der Waals surface area contributed by atoms with Crippen molar-refractivity contribution in [2.75, 3.05) is 19.8 Å². The fourth-order valence-corrected chi connectivity index (χ4v) is 1.66. The molecule has 5 heteroatoms. The highest BCUT2D eigenvalue weighted by Crippen LogP contribution is 2.02. The van der Waals surface area contributed by atoms with Gasteiger partial charge in [0.25, 0.3) is 0 Å². The molecule has 0 heterocycles. The minimum Gasteiger partial charge on any atom is -0.449 e. The first-order valence-corrected chi connectivity index (χ1v) is 6.94. The molecule has 1 amide bonds. The maximum absolute atomic E-state index is 11.5. The van der Waals surface area contributed by atoms with Crippen molar-refractivity contribution in [3.8, 4) is 0 Å². The summed E-state index contributed by atoms with van der Waals surface area (Å²) in [6.07, 6.45) is -0.215. The molecule has 20 heavy (non-hydrogen) atoms. The maximum atomic E-state index is 11.5. The molecular formula is C15H23NO4. The van der Waals surface area contributed by atoms with Gasteiger partial charge < -0.3 is 19.5 Å². The Morgan fingerprint density at radius 3 is 2.40 bits per heavy atom. The van der Waals surface area contributed by atoms with Gasteiger partial charge in [-0.15, -0.1) is 0 Å². The first kappa shape index (κ1) is 16.5. The van der Waals surface area contributed by atoms with Gasteiger partial charge in [0, 0.05) is 26.2 Å². The van der Waals surface area contributed by atoms with Gasteiger partial charge in [-0.2, -0.15) is 0 Å². The van der Waals surface area contributed by atoms with Crippen LogP contribution in [0.4, 0.5) is 4.79 Å². The summed E-state index contributed by atoms with van der Waals surface area (Å²) in [6.45, 7) is 5.68. The van der Waals surface area contributed by atoms with E-state index in [-0.39, 0.29) is 12.9 Å². The number of carbonyl (C=O) groups excluding carboxylic acids is 1. The first-order valence-electron chi connectivity index (χ1n) is 6.94. The lowest BCUT2D eigenvalue weighted by molar-refractivity contribution is -0.143. The van der Waals surface area contributed by atoms with E-state index in [1.807, 2.05) is 44.2 Å². The molecule has 0 saturated heterocycles. The van der Waals surface area contributed by atoms with Crippen LogP contribution >= 0.6 is 0 Å². The third kappa shape index (κ3) is 7.11. The predicted octanol–water partition coefficient (Wildman–Crippen LogP) is 2.70. The zero-order valence-corrected chi connectivity index (χ0v) is 12.1. The number of carbonyl (C=O) groups is 1. The second-order valence-corrected chi connectivity index (χ2v) is 4.10. The Balaban J connectivity index is 2.16. The highest BCUT2D eigenvalue weighted by atomic mass is 16.7. The van der Waals surface area contributed by atoms with Gasteiger partial charge in [0.05, 0.1) is 6.61 Å². The van der Waals surface area contributed by atoms with E-state index in [9.17, 15) is 4.79 Å². The van der Waals surface area contributed by atoms with Gasteiger partial charge in [-0.05, 0) is 19.4 Å². The standard InChI is InChI=1S/C15H23NO4/c1-3-18-14(19-4-2)10-11-20-15(17)16-12-13-8-6-5-7-9-13/h5-9,14H,3-4,10-12H2,1-2H3,(H,16,17). The molecule has 0 aliphatic carbocycles. The number of alkyl carbamates (subject to hydrolysis) is 1. The number of ether oxygens (including phenoxy) is 3. The zero-order valence-electron chi connectivity index (χ0n) is 12.1. The summed E-state index contributed by atoms with van der Waals surface area (Å²) in [7, 11) is 0. The molecule has 0 bridgehead atoms. The molecule has 0 aliphatic rings. The lowest BCUT2D eigenvalue weighted by Crippen LogP contribution is -2.26. The van der Waals surface area contributed by atoms with Crippen LogP contribution in [0.5, 0.6) is 0 Å². The minimum absolute atomic E-state index is 0.269. The lowest BCUT2D eigenvalue weighted by atomic mass is 10.2. The number of benzene rings is 1. The largest absolute Gasteiger partial charge is 0.449 e. The highest BCUT2D eigenvalue weighted by Gasteiger charge is 2.09. The van der Waals surface area contributed by atoms with E-state index >= 15 is 0 Å². The topological polar surface area (TPSA) is 56.8 Å². The van der Waals surface area contributed by atoms with Crippen molar-refractivity contribution in [1.82, 2.24) is 5.32 Å². The Kier molecular flexibility index (Phi) is 8.42. The molecule has 1 aromatic carbocycles. The van der Waals surface area contributed by atoms with Gasteiger partial charge >= 0.3 is 6.09 Å². The van der Waals surface area contributed by atoms with Crippen molar-refractivity contribution in [3.05, 3.63) is 35.9 Å². The molecule has 5 nitrogen and oxygen atoms in total. The van der Waals surface area contributed by atoms with Crippen molar-refractivity contribution in [1.29, 1.82) is 0 Å². The van der Waals surface area contributed by atoms with Crippen LogP contribution in [0, 0.1) is 0 Å². The van der Waals surface area contributed by atoms with Crippen LogP contribution in [0.1, 0.15) is 25.8 Å². The van der Waals surface area contributed by atoms with E-state index in [0.29, 0.717) is 26.2 Å². The van der Waals surface area contributed by atoms with Crippen LogP contribution < -0.4 is 5.32 Å². The summed E-state index contributed by atoms with van der Waals surface area (Å²) in [5.41, 5.74) is 1.03. The van der Waals surface area contributed by atoms with Gasteiger partial charge in [-0.3, -0.25) is 0 Å². The molecule has 0 fully saturated rings. The summed E-state index contributed by atoms with van der Waals surface area (Å²) in [6, 6.07) is 9.68. The van der Waals surface area contributed by atoms with Crippen molar-refractivity contribution in [2.24, 2.45) is 0 Å². The fraction of sp³-hybridized carbons (Fsp3) is 0.533. The molecule has 0 atom stereocenters.